The third-order valence-corrected chi connectivity index (χ3v) is 6.66. The number of benzene rings is 2. The number of rotatable bonds is 5. The molecule has 0 spiro atoms. The SMILES string of the molecule is Cc1ccc(N2C(=O)c3ccc(-c4ccco4)n3CC2(C)C(=O)NCc2ccc(Cl)cc2)cc1F. The Hall–Kier alpha value is -3.84. The van der Waals surface area contributed by atoms with Crippen LogP contribution >= 0.6 is 11.6 Å². The molecule has 0 saturated carbocycles. The maximum atomic E-state index is 14.5. The molecule has 0 bridgehead atoms. The third-order valence-electron chi connectivity index (χ3n) is 6.41. The summed E-state index contributed by atoms with van der Waals surface area (Å²) in [4.78, 5) is 28.9. The number of nitrogens with one attached hydrogen (secondary N) is 1. The summed E-state index contributed by atoms with van der Waals surface area (Å²) in [5.41, 5.74) is 1.35. The fraction of sp³-hybridized carbons (Fsp3) is 0.185. The second-order valence-electron chi connectivity index (χ2n) is 8.82. The van der Waals surface area contributed by atoms with Gasteiger partial charge in [-0.3, -0.25) is 14.5 Å². The highest BCUT2D eigenvalue weighted by Crippen LogP contribution is 2.37. The molecule has 4 aromatic rings. The zero-order valence-corrected chi connectivity index (χ0v) is 20.0. The van der Waals surface area contributed by atoms with Crippen molar-refractivity contribution >= 4 is 29.1 Å². The van der Waals surface area contributed by atoms with Gasteiger partial charge in [-0.25, -0.2) is 4.39 Å². The molecule has 5 rings (SSSR count). The van der Waals surface area contributed by atoms with Crippen molar-refractivity contribution in [3.05, 3.63) is 101 Å². The standard InChI is InChI=1S/C27H23ClFN3O3/c1-17-5-10-20(14-21(17)29)32-25(33)23-12-11-22(24-4-3-13-35-24)31(23)16-27(32,2)26(34)30-15-18-6-8-19(28)9-7-18/h3-14H,15-16H2,1-2H3,(H,30,34). The van der Waals surface area contributed by atoms with Crippen LogP contribution in [-0.4, -0.2) is 21.9 Å². The highest BCUT2D eigenvalue weighted by molar-refractivity contribution is 6.30. The molecule has 0 aliphatic carbocycles. The first-order valence-corrected chi connectivity index (χ1v) is 11.5. The first-order valence-electron chi connectivity index (χ1n) is 11.1. The van der Waals surface area contributed by atoms with Crippen LogP contribution in [0, 0.1) is 12.7 Å². The number of aryl methyl sites for hydroxylation is 1. The lowest BCUT2D eigenvalue weighted by Gasteiger charge is -2.44. The zero-order valence-electron chi connectivity index (χ0n) is 19.2. The Balaban J connectivity index is 1.56. The van der Waals surface area contributed by atoms with Gasteiger partial charge in [0.25, 0.3) is 5.91 Å². The van der Waals surface area contributed by atoms with Gasteiger partial charge in [0, 0.05) is 17.3 Å². The topological polar surface area (TPSA) is 67.5 Å². The molecular weight excluding hydrogens is 469 g/mol. The molecule has 6 nitrogen and oxygen atoms in total. The summed E-state index contributed by atoms with van der Waals surface area (Å²) in [7, 11) is 0. The summed E-state index contributed by atoms with van der Waals surface area (Å²) in [6.07, 6.45) is 1.55. The number of nitrogens with zero attached hydrogens (tertiary/aromatic N) is 2. The molecule has 2 amide bonds. The van der Waals surface area contributed by atoms with Crippen molar-refractivity contribution in [3.63, 3.8) is 0 Å². The normalized spacial score (nSPS) is 17.4. The molecule has 1 atom stereocenters. The number of aromatic nitrogens is 1. The maximum absolute atomic E-state index is 14.5. The fourth-order valence-corrected chi connectivity index (χ4v) is 4.58. The van der Waals surface area contributed by atoms with E-state index in [1.165, 1.54) is 11.0 Å². The van der Waals surface area contributed by atoms with E-state index in [1.807, 2.05) is 12.1 Å². The minimum absolute atomic E-state index is 0.152. The Morgan fingerprint density at radius 3 is 2.54 bits per heavy atom. The molecule has 1 N–H and O–H groups in total. The van der Waals surface area contributed by atoms with Crippen molar-refractivity contribution in [2.45, 2.75) is 32.5 Å². The Bertz CT molecular complexity index is 1410. The smallest absolute Gasteiger partial charge is 0.275 e. The summed E-state index contributed by atoms with van der Waals surface area (Å²) in [5, 5.41) is 3.55. The maximum Gasteiger partial charge on any atom is 0.275 e. The van der Waals surface area contributed by atoms with E-state index in [0.29, 0.717) is 33.4 Å². The van der Waals surface area contributed by atoms with Gasteiger partial charge in [-0.15, -0.1) is 0 Å². The predicted octanol–water partition coefficient (Wildman–Crippen LogP) is 5.58. The van der Waals surface area contributed by atoms with Crippen LogP contribution in [0.5, 0.6) is 0 Å². The van der Waals surface area contributed by atoms with E-state index in [4.69, 9.17) is 16.0 Å². The predicted molar refractivity (Wildman–Crippen MR) is 132 cm³/mol. The van der Waals surface area contributed by atoms with Crippen LogP contribution < -0.4 is 10.2 Å². The summed E-state index contributed by atoms with van der Waals surface area (Å²) < 4.78 is 21.9. The number of carbonyl (C=O) groups excluding carboxylic acids is 2. The number of halogens is 2. The van der Waals surface area contributed by atoms with E-state index in [9.17, 15) is 14.0 Å². The quantitative estimate of drug-likeness (QED) is 0.396. The monoisotopic (exact) mass is 491 g/mol. The Kier molecular flexibility index (Phi) is 5.73. The lowest BCUT2D eigenvalue weighted by atomic mass is 9.93. The third kappa shape index (κ3) is 4.02. The first kappa shape index (κ1) is 22.9. The van der Waals surface area contributed by atoms with Crippen LogP contribution in [0.3, 0.4) is 0 Å². The largest absolute Gasteiger partial charge is 0.463 e. The van der Waals surface area contributed by atoms with Crippen LogP contribution in [0.1, 0.15) is 28.5 Å². The second kappa shape index (κ2) is 8.74. The lowest BCUT2D eigenvalue weighted by molar-refractivity contribution is -0.126. The van der Waals surface area contributed by atoms with Crippen molar-refractivity contribution in [1.29, 1.82) is 0 Å². The fourth-order valence-electron chi connectivity index (χ4n) is 4.45. The number of amides is 2. The average molecular weight is 492 g/mol. The molecule has 8 heteroatoms. The minimum Gasteiger partial charge on any atom is -0.463 e. The van der Waals surface area contributed by atoms with Gasteiger partial charge in [-0.2, -0.15) is 0 Å². The number of furan rings is 1. The van der Waals surface area contributed by atoms with Gasteiger partial charge in [0.1, 0.15) is 22.8 Å². The van der Waals surface area contributed by atoms with Gasteiger partial charge in [0.15, 0.2) is 0 Å². The van der Waals surface area contributed by atoms with Crippen LogP contribution in [0.2, 0.25) is 5.02 Å². The number of hydrogen-bond acceptors (Lipinski definition) is 3. The van der Waals surface area contributed by atoms with Gasteiger partial charge in [-0.05, 0) is 73.5 Å². The summed E-state index contributed by atoms with van der Waals surface area (Å²) in [6.45, 7) is 3.74. The van der Waals surface area contributed by atoms with Gasteiger partial charge in [0.2, 0.25) is 5.91 Å². The zero-order chi connectivity index (χ0) is 24.7. The molecule has 1 aliphatic heterocycles. The second-order valence-corrected chi connectivity index (χ2v) is 9.26. The van der Waals surface area contributed by atoms with E-state index >= 15 is 0 Å². The van der Waals surface area contributed by atoms with E-state index in [2.05, 4.69) is 5.32 Å². The van der Waals surface area contributed by atoms with E-state index in [1.54, 1.807) is 73.2 Å². The molecular formula is C27H23ClFN3O3. The highest BCUT2D eigenvalue weighted by Gasteiger charge is 2.48. The van der Waals surface area contributed by atoms with Crippen molar-refractivity contribution in [2.24, 2.45) is 0 Å². The van der Waals surface area contributed by atoms with Crippen LogP contribution in [0.4, 0.5) is 10.1 Å². The van der Waals surface area contributed by atoms with Crippen LogP contribution in [0.25, 0.3) is 11.5 Å². The summed E-state index contributed by atoms with van der Waals surface area (Å²) in [6, 6.07) is 18.7. The van der Waals surface area contributed by atoms with E-state index in [0.717, 1.165) is 5.56 Å². The summed E-state index contributed by atoms with van der Waals surface area (Å²) >= 11 is 5.97. The molecule has 2 aromatic heterocycles. The van der Waals surface area contributed by atoms with Crippen molar-refractivity contribution in [1.82, 2.24) is 9.88 Å². The van der Waals surface area contributed by atoms with Gasteiger partial charge < -0.3 is 14.3 Å². The summed E-state index contributed by atoms with van der Waals surface area (Å²) in [5.74, 6) is -0.632. The van der Waals surface area contributed by atoms with Crippen molar-refractivity contribution < 1.29 is 18.4 Å². The Labute approximate surface area is 206 Å². The number of hydrogen-bond donors (Lipinski definition) is 1. The van der Waals surface area contributed by atoms with E-state index < -0.39 is 17.3 Å². The molecule has 3 heterocycles. The Morgan fingerprint density at radius 1 is 1.11 bits per heavy atom. The lowest BCUT2D eigenvalue weighted by Crippen LogP contribution is -2.64. The van der Waals surface area contributed by atoms with Crippen LogP contribution in [0.15, 0.2) is 77.4 Å². The van der Waals surface area contributed by atoms with Crippen molar-refractivity contribution in [2.75, 3.05) is 4.90 Å². The number of carbonyl (C=O) groups is 2. The van der Waals surface area contributed by atoms with Crippen molar-refractivity contribution in [3.8, 4) is 11.5 Å². The van der Waals surface area contributed by atoms with E-state index in [-0.39, 0.29) is 19.0 Å². The van der Waals surface area contributed by atoms with Gasteiger partial charge in [0.05, 0.1) is 18.5 Å². The van der Waals surface area contributed by atoms with Gasteiger partial charge in [-0.1, -0.05) is 29.8 Å². The highest BCUT2D eigenvalue weighted by atomic mass is 35.5. The number of anilines is 1. The molecule has 0 radical (unpaired) electrons. The molecule has 1 aliphatic rings. The minimum atomic E-state index is -1.35. The van der Waals surface area contributed by atoms with Gasteiger partial charge >= 0.3 is 0 Å². The average Bonchev–Trinajstić information content (AvgIpc) is 3.50. The molecule has 2 aromatic carbocycles. The molecule has 1 unspecified atom stereocenters. The molecule has 0 fully saturated rings. The number of fused-ring (bicyclic) bond motifs is 1. The molecule has 178 valence electrons. The first-order chi connectivity index (χ1) is 16.8. The van der Waals surface area contributed by atoms with Crippen LogP contribution in [-0.2, 0) is 17.9 Å². The Morgan fingerprint density at radius 2 is 1.86 bits per heavy atom. The molecule has 0 saturated heterocycles. The molecule has 35 heavy (non-hydrogen) atoms.